The highest BCUT2D eigenvalue weighted by Crippen LogP contribution is 2.19. The largest absolute Gasteiger partial charge is 0.395 e. The van der Waals surface area contributed by atoms with Gasteiger partial charge >= 0.3 is 6.03 Å². The number of hydrogen-bond donors (Lipinski definition) is 3. The number of anilines is 1. The number of nitrogens with one attached hydrogen (secondary N) is 2. The molecular weight excluding hydrogens is 247 g/mol. The molecule has 0 unspecified atom stereocenters. The summed E-state index contributed by atoms with van der Waals surface area (Å²) in [6.07, 6.45) is 2.32. The summed E-state index contributed by atoms with van der Waals surface area (Å²) >= 11 is 0. The van der Waals surface area contributed by atoms with Crippen molar-refractivity contribution in [1.29, 1.82) is 0 Å². The molecule has 0 spiro atoms. The average molecular weight is 262 g/mol. The van der Waals surface area contributed by atoms with Crippen LogP contribution < -0.4 is 10.6 Å². The summed E-state index contributed by atoms with van der Waals surface area (Å²) in [5, 5.41) is 13.8. The average Bonchev–Trinajstić information content (AvgIpc) is 3.17. The van der Waals surface area contributed by atoms with Gasteiger partial charge in [0, 0.05) is 18.0 Å². The predicted molar refractivity (Wildman–Crippen MR) is 70.2 cm³/mol. The van der Waals surface area contributed by atoms with Gasteiger partial charge in [-0.15, -0.1) is 0 Å². The van der Waals surface area contributed by atoms with E-state index in [4.69, 9.17) is 5.11 Å². The first-order chi connectivity index (χ1) is 9.19. The number of carbonyl (C=O) groups is 1. The number of benzene rings is 1. The molecule has 0 heterocycles. The Morgan fingerprint density at radius 2 is 2.26 bits per heavy atom. The van der Waals surface area contributed by atoms with E-state index in [9.17, 15) is 9.18 Å². The molecule has 1 aromatic rings. The zero-order chi connectivity index (χ0) is 13.7. The fraction of sp³-hybridized carbons (Fsp3) is 0.357. The molecular formula is C14H15FN2O2. The number of halogens is 1. The van der Waals surface area contributed by atoms with Crippen molar-refractivity contribution in [2.24, 2.45) is 0 Å². The summed E-state index contributed by atoms with van der Waals surface area (Å²) in [5.41, 5.74) is 0.643. The number of rotatable bonds is 3. The van der Waals surface area contributed by atoms with Crippen LogP contribution in [0.4, 0.5) is 14.9 Å². The molecule has 0 saturated heterocycles. The molecule has 1 saturated carbocycles. The third-order valence-electron chi connectivity index (χ3n) is 2.60. The van der Waals surface area contributed by atoms with E-state index in [2.05, 4.69) is 22.5 Å². The highest BCUT2D eigenvalue weighted by molar-refractivity contribution is 5.89. The lowest BCUT2D eigenvalue weighted by Gasteiger charge is -2.07. The number of amides is 2. The molecule has 4 nitrogen and oxygen atoms in total. The Kier molecular flexibility index (Phi) is 4.37. The lowest BCUT2D eigenvalue weighted by atomic mass is 10.2. The van der Waals surface area contributed by atoms with Crippen LogP contribution in [0.25, 0.3) is 0 Å². The fourth-order valence-electron chi connectivity index (χ4n) is 1.49. The summed E-state index contributed by atoms with van der Waals surface area (Å²) < 4.78 is 13.7. The minimum Gasteiger partial charge on any atom is -0.395 e. The molecule has 1 aliphatic rings. The van der Waals surface area contributed by atoms with Crippen LogP contribution in [0.1, 0.15) is 24.8 Å². The molecule has 5 heteroatoms. The Labute approximate surface area is 111 Å². The molecule has 100 valence electrons. The van der Waals surface area contributed by atoms with E-state index in [0.29, 0.717) is 12.0 Å². The Bertz CT molecular complexity index is 530. The van der Waals surface area contributed by atoms with Gasteiger partial charge in [-0.25, -0.2) is 9.18 Å². The van der Waals surface area contributed by atoms with Gasteiger partial charge in [0.25, 0.3) is 0 Å². The van der Waals surface area contributed by atoms with Crippen molar-refractivity contribution in [2.75, 3.05) is 11.9 Å². The highest BCUT2D eigenvalue weighted by atomic mass is 19.1. The Balaban J connectivity index is 1.98. The van der Waals surface area contributed by atoms with Crippen molar-refractivity contribution < 1.29 is 14.3 Å². The Morgan fingerprint density at radius 1 is 1.47 bits per heavy atom. The van der Waals surface area contributed by atoms with Gasteiger partial charge in [0.15, 0.2) is 0 Å². The first-order valence-corrected chi connectivity index (χ1v) is 6.16. The van der Waals surface area contributed by atoms with Gasteiger partial charge in [0.05, 0.1) is 12.3 Å². The van der Waals surface area contributed by atoms with Gasteiger partial charge in [0.1, 0.15) is 5.82 Å². The van der Waals surface area contributed by atoms with E-state index in [1.54, 1.807) is 6.07 Å². The van der Waals surface area contributed by atoms with Crippen LogP contribution in [0.15, 0.2) is 18.2 Å². The lowest BCUT2D eigenvalue weighted by molar-refractivity contribution is 0.251. The Hall–Kier alpha value is -2.06. The number of carbonyl (C=O) groups excluding carboxylic acids is 1. The highest BCUT2D eigenvalue weighted by Gasteiger charge is 2.23. The first kappa shape index (κ1) is 13.4. The molecule has 0 aliphatic heterocycles. The van der Waals surface area contributed by atoms with Crippen LogP contribution in [0.5, 0.6) is 0 Å². The summed E-state index contributed by atoms with van der Waals surface area (Å²) in [6.45, 7) is -0.0174. The third kappa shape index (κ3) is 4.27. The van der Waals surface area contributed by atoms with Gasteiger partial charge in [-0.1, -0.05) is 11.8 Å². The molecule has 0 atom stereocenters. The molecule has 2 rings (SSSR count). The van der Waals surface area contributed by atoms with Crippen LogP contribution in [-0.2, 0) is 0 Å². The molecule has 0 bridgehead atoms. The topological polar surface area (TPSA) is 61.4 Å². The SMILES string of the molecule is O=C(Nc1ccc(C#CCCO)cc1F)NC1CC1. The van der Waals surface area contributed by atoms with E-state index in [-0.39, 0.29) is 24.4 Å². The molecule has 3 N–H and O–H groups in total. The maximum Gasteiger partial charge on any atom is 0.319 e. The zero-order valence-electron chi connectivity index (χ0n) is 10.4. The molecule has 1 aliphatic carbocycles. The zero-order valence-corrected chi connectivity index (χ0v) is 10.4. The van der Waals surface area contributed by atoms with Crippen LogP contribution in [-0.4, -0.2) is 23.8 Å². The number of hydrogen-bond acceptors (Lipinski definition) is 2. The summed E-state index contributed by atoms with van der Waals surface area (Å²) in [7, 11) is 0. The van der Waals surface area contributed by atoms with Gasteiger partial charge in [0.2, 0.25) is 0 Å². The van der Waals surface area contributed by atoms with Gasteiger partial charge in [-0.3, -0.25) is 0 Å². The van der Waals surface area contributed by atoms with Crippen molar-refractivity contribution in [3.05, 3.63) is 29.6 Å². The molecule has 1 aromatic carbocycles. The molecule has 19 heavy (non-hydrogen) atoms. The van der Waals surface area contributed by atoms with Crippen LogP contribution in [0.2, 0.25) is 0 Å². The van der Waals surface area contributed by atoms with Crippen LogP contribution in [0.3, 0.4) is 0 Å². The second-order valence-corrected chi connectivity index (χ2v) is 4.34. The maximum atomic E-state index is 13.7. The third-order valence-corrected chi connectivity index (χ3v) is 2.60. The van der Waals surface area contributed by atoms with E-state index >= 15 is 0 Å². The smallest absolute Gasteiger partial charge is 0.319 e. The predicted octanol–water partition coefficient (Wildman–Crippen LogP) is 1.84. The van der Waals surface area contributed by atoms with Gasteiger partial charge in [-0.2, -0.15) is 0 Å². The summed E-state index contributed by atoms with van der Waals surface area (Å²) in [4.78, 5) is 11.5. The minimum atomic E-state index is -0.526. The van der Waals surface area contributed by atoms with Crippen molar-refractivity contribution in [1.82, 2.24) is 5.32 Å². The molecule has 0 aromatic heterocycles. The lowest BCUT2D eigenvalue weighted by Crippen LogP contribution is -2.30. The number of aliphatic hydroxyl groups excluding tert-OH is 1. The normalized spacial score (nSPS) is 13.4. The molecule has 0 radical (unpaired) electrons. The van der Waals surface area contributed by atoms with E-state index in [0.717, 1.165) is 12.8 Å². The van der Waals surface area contributed by atoms with Crippen molar-refractivity contribution in [3.63, 3.8) is 0 Å². The Morgan fingerprint density at radius 3 is 2.89 bits per heavy atom. The molecule has 1 fully saturated rings. The quantitative estimate of drug-likeness (QED) is 0.728. The van der Waals surface area contributed by atoms with Gasteiger partial charge in [-0.05, 0) is 31.0 Å². The molecule has 2 amide bonds. The second kappa shape index (κ2) is 6.21. The number of aliphatic hydroxyl groups is 1. The van der Waals surface area contributed by atoms with E-state index < -0.39 is 5.82 Å². The van der Waals surface area contributed by atoms with E-state index in [1.807, 2.05) is 0 Å². The summed E-state index contributed by atoms with van der Waals surface area (Å²) in [6, 6.07) is 4.20. The van der Waals surface area contributed by atoms with Crippen molar-refractivity contribution in [3.8, 4) is 11.8 Å². The van der Waals surface area contributed by atoms with Crippen LogP contribution in [0, 0.1) is 17.7 Å². The van der Waals surface area contributed by atoms with E-state index in [1.165, 1.54) is 12.1 Å². The van der Waals surface area contributed by atoms with Crippen molar-refractivity contribution in [2.45, 2.75) is 25.3 Å². The van der Waals surface area contributed by atoms with Crippen LogP contribution >= 0.6 is 0 Å². The maximum absolute atomic E-state index is 13.7. The first-order valence-electron chi connectivity index (χ1n) is 6.16. The fourth-order valence-corrected chi connectivity index (χ4v) is 1.49. The van der Waals surface area contributed by atoms with Crippen molar-refractivity contribution >= 4 is 11.7 Å². The minimum absolute atomic E-state index is 0.0174. The monoisotopic (exact) mass is 262 g/mol. The standard InChI is InChI=1S/C14H15FN2O2/c15-12-9-10(3-1-2-8-18)4-7-13(12)17-14(19)16-11-5-6-11/h4,7,9,11,18H,2,5-6,8H2,(H2,16,17,19). The summed E-state index contributed by atoms with van der Waals surface area (Å²) in [5.74, 6) is 4.91. The number of urea groups is 1. The second-order valence-electron chi connectivity index (χ2n) is 4.34. The van der Waals surface area contributed by atoms with Gasteiger partial charge < -0.3 is 15.7 Å².